The molecule has 11 heteroatoms. The number of likely N-dealkylation sites (N-methyl/N-ethyl adjacent to an activating group) is 1. The molecule has 0 aliphatic carbocycles. The lowest BCUT2D eigenvalue weighted by atomic mass is 9.97. The summed E-state index contributed by atoms with van der Waals surface area (Å²) in [6.07, 6.45) is 10.8. The molecule has 6 heterocycles. The molecule has 0 saturated carbocycles. The van der Waals surface area contributed by atoms with Gasteiger partial charge < -0.3 is 9.80 Å². The predicted octanol–water partition coefficient (Wildman–Crippen LogP) is 2.20. The molecule has 2 aliphatic rings. The molecule has 2 saturated heterocycles. The molecular weight excluding hydrogens is 480 g/mol. The third-order valence-corrected chi connectivity index (χ3v) is 7.99. The Labute approximate surface area is 220 Å². The van der Waals surface area contributed by atoms with Crippen LogP contribution in [0.2, 0.25) is 0 Å². The first kappa shape index (κ1) is 24.1. The number of amides is 1. The Morgan fingerprint density at radius 1 is 1.00 bits per heavy atom. The molecule has 0 radical (unpaired) electrons. The van der Waals surface area contributed by atoms with Gasteiger partial charge in [-0.3, -0.25) is 14.4 Å². The first-order valence-electron chi connectivity index (χ1n) is 12.9. The summed E-state index contributed by atoms with van der Waals surface area (Å²) >= 11 is 0. The van der Waals surface area contributed by atoms with Gasteiger partial charge in [0.05, 0.1) is 35.5 Å². The fourth-order valence-electron chi connectivity index (χ4n) is 5.55. The van der Waals surface area contributed by atoms with Gasteiger partial charge in [0.15, 0.2) is 0 Å². The van der Waals surface area contributed by atoms with Crippen LogP contribution in [0, 0.1) is 11.3 Å². The van der Waals surface area contributed by atoms with Crippen LogP contribution in [0.3, 0.4) is 0 Å². The molecule has 2 aliphatic heterocycles. The van der Waals surface area contributed by atoms with Crippen molar-refractivity contribution in [3.05, 3.63) is 48.7 Å². The molecule has 11 nitrogen and oxygen atoms in total. The van der Waals surface area contributed by atoms with E-state index in [4.69, 9.17) is 9.97 Å². The third-order valence-electron chi connectivity index (χ3n) is 7.99. The average molecular weight is 511 g/mol. The number of carbonyl (C=O) groups is 1. The van der Waals surface area contributed by atoms with E-state index in [0.717, 1.165) is 49.4 Å². The molecule has 1 atom stereocenters. The van der Waals surface area contributed by atoms with Crippen LogP contribution in [0.15, 0.2) is 43.1 Å². The van der Waals surface area contributed by atoms with E-state index < -0.39 is 0 Å². The Hall–Kier alpha value is -4.30. The minimum Gasteiger partial charge on any atom is -0.353 e. The number of rotatable bonds is 4. The number of piperazine rings is 1. The topological polar surface area (TPSA) is 111 Å². The normalized spacial score (nSPS) is 20.3. The second-order valence-corrected chi connectivity index (χ2v) is 10.3. The second kappa shape index (κ2) is 9.22. The van der Waals surface area contributed by atoms with Crippen molar-refractivity contribution in [3.63, 3.8) is 0 Å². The Kier molecular flexibility index (Phi) is 5.84. The van der Waals surface area contributed by atoms with E-state index >= 15 is 0 Å². The number of aromatic nitrogens is 6. The SMILES string of the molecule is CN1CCCC1(C)C(=O)N1CCN(c2ccc(-c3nc(-c4cnn(C)c4)cn4ncc(C#N)c34)cn2)CC1. The van der Waals surface area contributed by atoms with Crippen LogP contribution in [0.5, 0.6) is 0 Å². The molecular formula is C27H30N10O. The number of anilines is 1. The monoisotopic (exact) mass is 510 g/mol. The molecule has 0 bridgehead atoms. The number of likely N-dealkylation sites (tertiary alicyclic amines) is 1. The number of pyridine rings is 1. The van der Waals surface area contributed by atoms with Crippen molar-refractivity contribution in [2.45, 2.75) is 25.3 Å². The van der Waals surface area contributed by atoms with Crippen molar-refractivity contribution < 1.29 is 4.79 Å². The highest BCUT2D eigenvalue weighted by molar-refractivity contribution is 5.86. The van der Waals surface area contributed by atoms with Crippen LogP contribution in [0.4, 0.5) is 5.82 Å². The fraction of sp³-hybridized carbons (Fsp3) is 0.407. The molecule has 4 aromatic heterocycles. The molecule has 6 rings (SSSR count). The molecule has 4 aromatic rings. The van der Waals surface area contributed by atoms with Crippen LogP contribution in [-0.2, 0) is 11.8 Å². The van der Waals surface area contributed by atoms with Crippen molar-refractivity contribution in [2.24, 2.45) is 7.05 Å². The molecule has 1 amide bonds. The number of hydrogen-bond acceptors (Lipinski definition) is 8. The van der Waals surface area contributed by atoms with E-state index in [9.17, 15) is 10.1 Å². The largest absolute Gasteiger partial charge is 0.353 e. The molecule has 0 spiro atoms. The minimum absolute atomic E-state index is 0.234. The number of fused-ring (bicyclic) bond motifs is 1. The molecule has 0 aromatic carbocycles. The first-order chi connectivity index (χ1) is 18.4. The summed E-state index contributed by atoms with van der Waals surface area (Å²) in [5.41, 5.74) is 3.72. The highest BCUT2D eigenvalue weighted by atomic mass is 16.2. The smallest absolute Gasteiger partial charge is 0.242 e. The standard InChI is InChI=1S/C27H30N10O/c1-27(7-4-8-33(27)2)26(38)36-11-9-35(10-12-36)23-6-5-19(14-29-23)24-25-20(13-28)15-31-37(25)18-22(32-24)21-16-30-34(3)17-21/h5-6,14-18H,4,7-12H2,1-3H3. The van der Waals surface area contributed by atoms with Crippen molar-refractivity contribution in [1.29, 1.82) is 5.26 Å². The Balaban J connectivity index is 1.24. The molecule has 194 valence electrons. The predicted molar refractivity (Wildman–Crippen MR) is 142 cm³/mol. The van der Waals surface area contributed by atoms with Crippen molar-refractivity contribution in [2.75, 3.05) is 44.7 Å². The van der Waals surface area contributed by atoms with Crippen LogP contribution < -0.4 is 4.90 Å². The third kappa shape index (κ3) is 3.97. The van der Waals surface area contributed by atoms with Gasteiger partial charge in [-0.05, 0) is 45.5 Å². The zero-order valence-electron chi connectivity index (χ0n) is 21.9. The molecule has 38 heavy (non-hydrogen) atoms. The van der Waals surface area contributed by atoms with Gasteiger partial charge in [0.1, 0.15) is 23.0 Å². The van der Waals surface area contributed by atoms with Crippen molar-refractivity contribution in [1.82, 2.24) is 39.2 Å². The van der Waals surface area contributed by atoms with E-state index in [2.05, 4.69) is 33.0 Å². The molecule has 2 fully saturated rings. The van der Waals surface area contributed by atoms with Gasteiger partial charge in [-0.2, -0.15) is 15.5 Å². The molecule has 1 unspecified atom stereocenters. The fourth-order valence-corrected chi connectivity index (χ4v) is 5.55. The summed E-state index contributed by atoms with van der Waals surface area (Å²) < 4.78 is 3.41. The number of nitrogens with zero attached hydrogens (tertiary/aromatic N) is 10. The van der Waals surface area contributed by atoms with Crippen LogP contribution in [0.25, 0.3) is 28.0 Å². The van der Waals surface area contributed by atoms with Gasteiger partial charge in [-0.15, -0.1) is 0 Å². The van der Waals surface area contributed by atoms with E-state index in [1.807, 2.05) is 43.5 Å². The number of aryl methyl sites for hydroxylation is 1. The summed E-state index contributed by atoms with van der Waals surface area (Å²) in [6.45, 7) is 5.88. The lowest BCUT2D eigenvalue weighted by Crippen LogP contribution is -2.58. The van der Waals surface area contributed by atoms with Gasteiger partial charge in [0, 0.05) is 56.7 Å². The van der Waals surface area contributed by atoms with Gasteiger partial charge in [0.2, 0.25) is 5.91 Å². The minimum atomic E-state index is -0.388. The van der Waals surface area contributed by atoms with Crippen molar-refractivity contribution >= 4 is 17.2 Å². The second-order valence-electron chi connectivity index (χ2n) is 10.3. The average Bonchev–Trinajstić information content (AvgIpc) is 3.66. The quantitative estimate of drug-likeness (QED) is 0.411. The lowest BCUT2D eigenvalue weighted by Gasteiger charge is -2.41. The van der Waals surface area contributed by atoms with Gasteiger partial charge in [-0.1, -0.05) is 0 Å². The van der Waals surface area contributed by atoms with Gasteiger partial charge in [0.25, 0.3) is 0 Å². The Morgan fingerprint density at radius 3 is 2.45 bits per heavy atom. The number of nitriles is 1. The summed E-state index contributed by atoms with van der Waals surface area (Å²) in [5, 5.41) is 18.3. The van der Waals surface area contributed by atoms with Crippen molar-refractivity contribution in [3.8, 4) is 28.6 Å². The van der Waals surface area contributed by atoms with Gasteiger partial charge in [-0.25, -0.2) is 14.5 Å². The van der Waals surface area contributed by atoms with Crippen LogP contribution in [-0.4, -0.2) is 90.4 Å². The maximum absolute atomic E-state index is 13.3. The lowest BCUT2D eigenvalue weighted by molar-refractivity contribution is -0.141. The van der Waals surface area contributed by atoms with Crippen LogP contribution >= 0.6 is 0 Å². The Morgan fingerprint density at radius 2 is 1.82 bits per heavy atom. The highest BCUT2D eigenvalue weighted by Crippen LogP contribution is 2.31. The summed E-state index contributed by atoms with van der Waals surface area (Å²) in [6, 6.07) is 6.19. The maximum atomic E-state index is 13.3. The number of carbonyl (C=O) groups excluding carboxylic acids is 1. The van der Waals surface area contributed by atoms with Gasteiger partial charge >= 0.3 is 0 Å². The van der Waals surface area contributed by atoms with E-state index in [-0.39, 0.29) is 11.4 Å². The Bertz CT molecular complexity index is 1540. The highest BCUT2D eigenvalue weighted by Gasteiger charge is 2.43. The van der Waals surface area contributed by atoms with E-state index in [1.54, 1.807) is 27.8 Å². The van der Waals surface area contributed by atoms with Crippen LogP contribution in [0.1, 0.15) is 25.3 Å². The number of hydrogen-bond donors (Lipinski definition) is 0. The first-order valence-corrected chi connectivity index (χ1v) is 12.9. The zero-order chi connectivity index (χ0) is 26.4. The summed E-state index contributed by atoms with van der Waals surface area (Å²) in [5.74, 6) is 1.09. The summed E-state index contributed by atoms with van der Waals surface area (Å²) in [4.78, 5) is 29.3. The summed E-state index contributed by atoms with van der Waals surface area (Å²) in [7, 11) is 3.90. The van der Waals surface area contributed by atoms with E-state index in [1.165, 1.54) is 0 Å². The maximum Gasteiger partial charge on any atom is 0.242 e. The van der Waals surface area contributed by atoms with E-state index in [0.29, 0.717) is 35.6 Å². The molecule has 0 N–H and O–H groups in total. The zero-order valence-corrected chi connectivity index (χ0v) is 21.9.